The Kier molecular flexibility index (Phi) is 6.49. The van der Waals surface area contributed by atoms with E-state index in [1.807, 2.05) is 12.1 Å². The van der Waals surface area contributed by atoms with Crippen molar-refractivity contribution in [3.8, 4) is 0 Å². The van der Waals surface area contributed by atoms with Crippen LogP contribution in [0.15, 0.2) is 40.8 Å². The molecule has 0 bridgehead atoms. The van der Waals surface area contributed by atoms with E-state index in [9.17, 15) is 4.79 Å². The predicted molar refractivity (Wildman–Crippen MR) is 96.6 cm³/mol. The van der Waals surface area contributed by atoms with Crippen molar-refractivity contribution in [3.63, 3.8) is 0 Å². The van der Waals surface area contributed by atoms with Gasteiger partial charge in [-0.3, -0.25) is 19.7 Å². The van der Waals surface area contributed by atoms with Gasteiger partial charge >= 0.3 is 0 Å². The highest BCUT2D eigenvalue weighted by Gasteiger charge is 2.25. The molecular formula is C18H27N5O. The van der Waals surface area contributed by atoms with Crippen LogP contribution in [0.25, 0.3) is 0 Å². The van der Waals surface area contributed by atoms with Crippen LogP contribution in [0, 0.1) is 0 Å². The quantitative estimate of drug-likeness (QED) is 0.830. The van der Waals surface area contributed by atoms with Crippen molar-refractivity contribution in [2.45, 2.75) is 26.3 Å². The highest BCUT2D eigenvalue weighted by Crippen LogP contribution is 2.19. The van der Waals surface area contributed by atoms with Gasteiger partial charge in [-0.1, -0.05) is 6.92 Å². The van der Waals surface area contributed by atoms with E-state index in [1.54, 1.807) is 26.5 Å². The second-order valence-electron chi connectivity index (χ2n) is 6.24. The second-order valence-corrected chi connectivity index (χ2v) is 6.24. The first kappa shape index (κ1) is 18.1. The van der Waals surface area contributed by atoms with Gasteiger partial charge in [-0.25, -0.2) is 0 Å². The number of carbonyl (C=O) groups excluding carboxylic acids is 1. The van der Waals surface area contributed by atoms with Gasteiger partial charge < -0.3 is 10.6 Å². The molecule has 0 spiro atoms. The van der Waals surface area contributed by atoms with Gasteiger partial charge in [0.1, 0.15) is 5.70 Å². The number of pyridine rings is 1. The molecule has 1 aliphatic heterocycles. The summed E-state index contributed by atoms with van der Waals surface area (Å²) in [7, 11) is 3.44. The van der Waals surface area contributed by atoms with E-state index in [4.69, 9.17) is 5.73 Å². The van der Waals surface area contributed by atoms with Crippen LogP contribution in [-0.4, -0.2) is 60.1 Å². The number of aliphatic imine (C=N–C) groups is 1. The summed E-state index contributed by atoms with van der Waals surface area (Å²) in [6.45, 7) is 5.25. The number of amides is 1. The Morgan fingerprint density at radius 3 is 2.71 bits per heavy atom. The molecule has 1 fully saturated rings. The Hall–Kier alpha value is -2.21. The van der Waals surface area contributed by atoms with Gasteiger partial charge in [0.25, 0.3) is 5.91 Å². The van der Waals surface area contributed by atoms with Crippen LogP contribution in [-0.2, 0) is 11.3 Å². The van der Waals surface area contributed by atoms with Crippen molar-refractivity contribution in [2.24, 2.45) is 10.7 Å². The molecule has 2 N–H and O–H groups in total. The zero-order valence-corrected chi connectivity index (χ0v) is 14.8. The van der Waals surface area contributed by atoms with Crippen LogP contribution in [0.5, 0.6) is 0 Å². The number of nitrogens with zero attached hydrogens (tertiary/aromatic N) is 4. The smallest absolute Gasteiger partial charge is 0.269 e. The van der Waals surface area contributed by atoms with Crippen molar-refractivity contribution in [1.29, 1.82) is 0 Å². The molecule has 0 radical (unpaired) electrons. The molecule has 0 atom stereocenters. The third-order valence-electron chi connectivity index (χ3n) is 4.04. The lowest BCUT2D eigenvalue weighted by atomic mass is 9.98. The third kappa shape index (κ3) is 4.64. The first-order chi connectivity index (χ1) is 11.5. The number of piperidine rings is 1. The number of aromatic nitrogens is 1. The highest BCUT2D eigenvalue weighted by molar-refractivity contribution is 6.08. The van der Waals surface area contributed by atoms with E-state index in [2.05, 4.69) is 21.8 Å². The normalized spacial score (nSPS) is 19.4. The molecule has 6 nitrogen and oxygen atoms in total. The fourth-order valence-corrected chi connectivity index (χ4v) is 2.72. The summed E-state index contributed by atoms with van der Waals surface area (Å²) in [6.07, 6.45) is 5.41. The van der Waals surface area contributed by atoms with Crippen molar-refractivity contribution in [2.75, 3.05) is 33.7 Å². The first-order valence-corrected chi connectivity index (χ1v) is 8.38. The average Bonchev–Trinajstić information content (AvgIpc) is 2.60. The minimum Gasteiger partial charge on any atom is -0.394 e. The lowest BCUT2D eigenvalue weighted by molar-refractivity contribution is -0.124. The Morgan fingerprint density at radius 2 is 2.08 bits per heavy atom. The molecule has 1 saturated heterocycles. The summed E-state index contributed by atoms with van der Waals surface area (Å²) in [4.78, 5) is 24.8. The summed E-state index contributed by atoms with van der Waals surface area (Å²) in [5, 5.41) is 0. The van der Waals surface area contributed by atoms with Crippen LogP contribution in [0.3, 0.4) is 0 Å². The largest absolute Gasteiger partial charge is 0.394 e. The van der Waals surface area contributed by atoms with Gasteiger partial charge in [0, 0.05) is 70.4 Å². The molecule has 1 aliphatic rings. The molecule has 1 aromatic heterocycles. The monoisotopic (exact) mass is 329 g/mol. The van der Waals surface area contributed by atoms with Gasteiger partial charge in [0.05, 0.1) is 0 Å². The second kappa shape index (κ2) is 8.59. The molecule has 2 rings (SSSR count). The standard InChI is InChI=1S/C18H27N5O/c1-4-8-21-16-7-11-23(12-14-5-9-20-10-6-14)13-15(16)17(19)18(24)22(2)3/h5-6,9-10H,4,7-8,11-13,19H2,1-3H3/b17-15-,21-16?. The molecule has 0 unspecified atom stereocenters. The lowest BCUT2D eigenvalue weighted by Crippen LogP contribution is -2.39. The SMILES string of the molecule is CCCN=C1CCN(Cc2ccncc2)C/C1=C(/N)C(=O)N(C)C. The molecular weight excluding hydrogens is 302 g/mol. The molecule has 6 heteroatoms. The van der Waals surface area contributed by atoms with Crippen LogP contribution in [0.2, 0.25) is 0 Å². The van der Waals surface area contributed by atoms with Crippen LogP contribution < -0.4 is 5.73 Å². The maximum atomic E-state index is 12.3. The zero-order chi connectivity index (χ0) is 17.5. The highest BCUT2D eigenvalue weighted by atomic mass is 16.2. The van der Waals surface area contributed by atoms with Crippen molar-refractivity contribution in [3.05, 3.63) is 41.4 Å². The van der Waals surface area contributed by atoms with Crippen molar-refractivity contribution < 1.29 is 4.79 Å². The number of hydrogen-bond donors (Lipinski definition) is 1. The number of likely N-dealkylation sites (tertiary alicyclic amines) is 1. The zero-order valence-electron chi connectivity index (χ0n) is 14.8. The fourth-order valence-electron chi connectivity index (χ4n) is 2.72. The third-order valence-corrected chi connectivity index (χ3v) is 4.04. The van der Waals surface area contributed by atoms with E-state index in [0.717, 1.165) is 43.8 Å². The Bertz CT molecular complexity index is 622. The summed E-state index contributed by atoms with van der Waals surface area (Å²) in [6, 6.07) is 4.02. The van der Waals surface area contributed by atoms with Crippen LogP contribution in [0.1, 0.15) is 25.3 Å². The lowest BCUT2D eigenvalue weighted by Gasteiger charge is -2.31. The minimum absolute atomic E-state index is 0.153. The summed E-state index contributed by atoms with van der Waals surface area (Å²) >= 11 is 0. The van der Waals surface area contributed by atoms with Crippen LogP contribution >= 0.6 is 0 Å². The predicted octanol–water partition coefficient (Wildman–Crippen LogP) is 1.44. The van der Waals surface area contributed by atoms with Gasteiger partial charge in [0.2, 0.25) is 0 Å². The van der Waals surface area contributed by atoms with Gasteiger partial charge in [-0.15, -0.1) is 0 Å². The topological polar surface area (TPSA) is 74.8 Å². The Labute approximate surface area is 144 Å². The molecule has 1 aromatic rings. The van der Waals surface area contributed by atoms with Gasteiger partial charge in [-0.2, -0.15) is 0 Å². The molecule has 0 saturated carbocycles. The number of nitrogens with two attached hydrogens (primary N) is 1. The van der Waals surface area contributed by atoms with Crippen LogP contribution in [0.4, 0.5) is 0 Å². The fraction of sp³-hybridized carbons (Fsp3) is 0.500. The number of likely N-dealkylation sites (N-methyl/N-ethyl adjacent to an activating group) is 1. The summed E-state index contributed by atoms with van der Waals surface area (Å²) < 4.78 is 0. The Morgan fingerprint density at radius 1 is 1.38 bits per heavy atom. The van der Waals surface area contributed by atoms with E-state index < -0.39 is 0 Å². The number of carbonyl (C=O) groups is 1. The van der Waals surface area contributed by atoms with Gasteiger partial charge in [-0.05, 0) is 24.1 Å². The Balaban J connectivity index is 2.23. The van der Waals surface area contributed by atoms with E-state index in [-0.39, 0.29) is 5.91 Å². The average molecular weight is 329 g/mol. The van der Waals surface area contributed by atoms with Crippen molar-refractivity contribution >= 4 is 11.6 Å². The molecule has 0 aliphatic carbocycles. The molecule has 0 aromatic carbocycles. The van der Waals surface area contributed by atoms with Crippen molar-refractivity contribution in [1.82, 2.24) is 14.8 Å². The summed E-state index contributed by atoms with van der Waals surface area (Å²) in [5.74, 6) is -0.153. The van der Waals surface area contributed by atoms with E-state index in [0.29, 0.717) is 12.2 Å². The maximum absolute atomic E-state index is 12.3. The number of hydrogen-bond acceptors (Lipinski definition) is 5. The van der Waals surface area contributed by atoms with E-state index >= 15 is 0 Å². The molecule has 130 valence electrons. The molecule has 1 amide bonds. The molecule has 2 heterocycles. The molecule has 24 heavy (non-hydrogen) atoms. The number of rotatable bonds is 5. The summed E-state index contributed by atoms with van der Waals surface area (Å²) in [5.41, 5.74) is 9.56. The first-order valence-electron chi connectivity index (χ1n) is 8.38. The maximum Gasteiger partial charge on any atom is 0.269 e. The van der Waals surface area contributed by atoms with Gasteiger partial charge in [0.15, 0.2) is 0 Å². The van der Waals surface area contributed by atoms with E-state index in [1.165, 1.54) is 10.5 Å². The minimum atomic E-state index is -0.153.